The Morgan fingerprint density at radius 2 is 2.50 bits per heavy atom. The zero-order valence-corrected chi connectivity index (χ0v) is 7.45. The van der Waals surface area contributed by atoms with Gasteiger partial charge in [0.15, 0.2) is 0 Å². The largest absolute Gasteiger partial charge is 0.392 e. The molecule has 1 aliphatic rings. The maximum atomic E-state index is 8.95. The van der Waals surface area contributed by atoms with Crippen molar-refractivity contribution in [1.29, 1.82) is 0 Å². The molecule has 0 aromatic heterocycles. The Hall–Kier alpha value is -0.160. The Labute approximate surface area is 72.9 Å². The molecule has 1 aliphatic heterocycles. The van der Waals surface area contributed by atoms with E-state index in [1.165, 1.54) is 0 Å². The molecule has 1 saturated heterocycles. The number of hydrogen-bond donors (Lipinski definition) is 2. The summed E-state index contributed by atoms with van der Waals surface area (Å²) >= 11 is 0. The first-order valence-corrected chi connectivity index (χ1v) is 4.37. The predicted molar refractivity (Wildman–Crippen MR) is 44.9 cm³/mol. The molecule has 1 rings (SSSR count). The first-order chi connectivity index (χ1) is 5.79. The molecule has 0 bridgehead atoms. The van der Waals surface area contributed by atoms with Crippen LogP contribution in [0, 0.1) is 0 Å². The lowest BCUT2D eigenvalue weighted by molar-refractivity contribution is -0.137. The topological polar surface area (TPSA) is 50.7 Å². The second-order valence-corrected chi connectivity index (χ2v) is 3.11. The van der Waals surface area contributed by atoms with Crippen LogP contribution in [0.15, 0.2) is 0 Å². The Bertz CT molecular complexity index is 113. The van der Waals surface area contributed by atoms with E-state index in [-0.39, 0.29) is 12.2 Å². The highest BCUT2D eigenvalue weighted by molar-refractivity contribution is 4.64. The van der Waals surface area contributed by atoms with Crippen molar-refractivity contribution in [2.45, 2.75) is 25.6 Å². The van der Waals surface area contributed by atoms with E-state index in [1.807, 2.05) is 0 Å². The maximum absolute atomic E-state index is 8.95. The van der Waals surface area contributed by atoms with Gasteiger partial charge in [-0.1, -0.05) is 0 Å². The van der Waals surface area contributed by atoms with Crippen molar-refractivity contribution in [3.05, 3.63) is 0 Å². The van der Waals surface area contributed by atoms with Gasteiger partial charge in [-0.05, 0) is 13.3 Å². The van der Waals surface area contributed by atoms with E-state index in [0.717, 1.165) is 19.6 Å². The van der Waals surface area contributed by atoms with Crippen LogP contribution < -0.4 is 5.32 Å². The molecule has 72 valence electrons. The summed E-state index contributed by atoms with van der Waals surface area (Å²) < 4.78 is 10.3. The van der Waals surface area contributed by atoms with Crippen molar-refractivity contribution in [2.75, 3.05) is 26.5 Å². The zero-order chi connectivity index (χ0) is 8.81. The number of rotatable bonds is 4. The molecular weight excluding hydrogens is 158 g/mol. The molecule has 4 heteroatoms. The molecule has 2 N–H and O–H groups in total. The lowest BCUT2D eigenvalue weighted by Gasteiger charge is -2.23. The van der Waals surface area contributed by atoms with E-state index < -0.39 is 0 Å². The van der Waals surface area contributed by atoms with E-state index in [0.29, 0.717) is 13.3 Å². The Balaban J connectivity index is 1.98. The van der Waals surface area contributed by atoms with Crippen molar-refractivity contribution in [3.8, 4) is 0 Å². The molecule has 2 atom stereocenters. The van der Waals surface area contributed by atoms with E-state index >= 15 is 0 Å². The minimum atomic E-state index is -0.287. The molecule has 0 amide bonds. The van der Waals surface area contributed by atoms with Crippen LogP contribution >= 0.6 is 0 Å². The highest BCUT2D eigenvalue weighted by atomic mass is 16.7. The van der Waals surface area contributed by atoms with Crippen molar-refractivity contribution < 1.29 is 14.6 Å². The lowest BCUT2D eigenvalue weighted by atomic mass is 10.2. The summed E-state index contributed by atoms with van der Waals surface area (Å²) in [4.78, 5) is 0. The van der Waals surface area contributed by atoms with Gasteiger partial charge in [0.25, 0.3) is 0 Å². The normalized spacial score (nSPS) is 27.0. The summed E-state index contributed by atoms with van der Waals surface area (Å²) in [5.74, 6) is 0. The van der Waals surface area contributed by atoms with Gasteiger partial charge in [0.05, 0.1) is 18.8 Å². The van der Waals surface area contributed by atoms with E-state index in [4.69, 9.17) is 14.6 Å². The fourth-order valence-electron chi connectivity index (χ4n) is 1.12. The molecule has 0 aromatic rings. The molecule has 0 aromatic carbocycles. The first-order valence-electron chi connectivity index (χ1n) is 4.37. The Morgan fingerprint density at radius 3 is 3.08 bits per heavy atom. The van der Waals surface area contributed by atoms with Crippen LogP contribution in [0.2, 0.25) is 0 Å². The number of nitrogens with one attached hydrogen (secondary N) is 1. The molecule has 2 unspecified atom stereocenters. The molecule has 1 fully saturated rings. The van der Waals surface area contributed by atoms with Crippen molar-refractivity contribution in [1.82, 2.24) is 5.32 Å². The maximum Gasteiger partial charge on any atom is 0.147 e. The van der Waals surface area contributed by atoms with Gasteiger partial charge in [0.2, 0.25) is 0 Å². The van der Waals surface area contributed by atoms with Crippen LogP contribution in [-0.4, -0.2) is 43.8 Å². The number of hydrogen-bond acceptors (Lipinski definition) is 4. The Kier molecular flexibility index (Phi) is 4.53. The van der Waals surface area contributed by atoms with Crippen LogP contribution in [0.5, 0.6) is 0 Å². The standard InChI is InChI=1S/C8H17NO3/c1-7(10)4-9-5-8-2-3-11-6-12-8/h7-10H,2-6H2,1H3. The van der Waals surface area contributed by atoms with Gasteiger partial charge in [0.1, 0.15) is 6.79 Å². The molecule has 0 radical (unpaired) electrons. The molecular formula is C8H17NO3. The van der Waals surface area contributed by atoms with Gasteiger partial charge in [-0.15, -0.1) is 0 Å². The van der Waals surface area contributed by atoms with E-state index in [2.05, 4.69) is 5.32 Å². The van der Waals surface area contributed by atoms with Crippen LogP contribution in [-0.2, 0) is 9.47 Å². The van der Waals surface area contributed by atoms with E-state index in [1.54, 1.807) is 6.92 Å². The zero-order valence-electron chi connectivity index (χ0n) is 7.45. The summed E-state index contributed by atoms with van der Waals surface area (Å²) in [7, 11) is 0. The van der Waals surface area contributed by atoms with E-state index in [9.17, 15) is 0 Å². The fourth-order valence-corrected chi connectivity index (χ4v) is 1.12. The smallest absolute Gasteiger partial charge is 0.147 e. The predicted octanol–water partition coefficient (Wildman–Crippen LogP) is -0.280. The van der Waals surface area contributed by atoms with Gasteiger partial charge in [-0.25, -0.2) is 0 Å². The summed E-state index contributed by atoms with van der Waals surface area (Å²) in [6, 6.07) is 0. The summed E-state index contributed by atoms with van der Waals surface area (Å²) in [5, 5.41) is 12.1. The van der Waals surface area contributed by atoms with Crippen LogP contribution in [0.25, 0.3) is 0 Å². The summed E-state index contributed by atoms with van der Waals surface area (Å²) in [6.45, 7) is 4.37. The third kappa shape index (κ3) is 4.01. The minimum Gasteiger partial charge on any atom is -0.392 e. The Morgan fingerprint density at radius 1 is 1.67 bits per heavy atom. The lowest BCUT2D eigenvalue weighted by Crippen LogP contribution is -2.36. The second kappa shape index (κ2) is 5.48. The average Bonchev–Trinajstić information content (AvgIpc) is 2.05. The second-order valence-electron chi connectivity index (χ2n) is 3.11. The average molecular weight is 175 g/mol. The number of aliphatic hydroxyl groups is 1. The summed E-state index contributed by atoms with van der Waals surface area (Å²) in [6.07, 6.45) is 0.898. The highest BCUT2D eigenvalue weighted by Gasteiger charge is 2.13. The quantitative estimate of drug-likeness (QED) is 0.617. The monoisotopic (exact) mass is 175 g/mol. The van der Waals surface area contributed by atoms with Crippen LogP contribution in [0.4, 0.5) is 0 Å². The minimum absolute atomic E-state index is 0.248. The number of ether oxygens (including phenoxy) is 2. The fraction of sp³-hybridized carbons (Fsp3) is 1.00. The van der Waals surface area contributed by atoms with Crippen molar-refractivity contribution in [3.63, 3.8) is 0 Å². The summed E-state index contributed by atoms with van der Waals surface area (Å²) in [5.41, 5.74) is 0. The molecule has 0 aliphatic carbocycles. The van der Waals surface area contributed by atoms with Gasteiger partial charge >= 0.3 is 0 Å². The third-order valence-corrected chi connectivity index (χ3v) is 1.78. The SMILES string of the molecule is CC(O)CNCC1CCOCO1. The van der Waals surface area contributed by atoms with Crippen LogP contribution in [0.3, 0.4) is 0 Å². The van der Waals surface area contributed by atoms with Crippen molar-refractivity contribution in [2.24, 2.45) is 0 Å². The molecule has 4 nitrogen and oxygen atoms in total. The third-order valence-electron chi connectivity index (χ3n) is 1.78. The number of aliphatic hydroxyl groups excluding tert-OH is 1. The van der Waals surface area contributed by atoms with Gasteiger partial charge < -0.3 is 19.9 Å². The molecule has 0 saturated carbocycles. The van der Waals surface area contributed by atoms with Crippen molar-refractivity contribution >= 4 is 0 Å². The molecule has 12 heavy (non-hydrogen) atoms. The van der Waals surface area contributed by atoms with Crippen LogP contribution in [0.1, 0.15) is 13.3 Å². The van der Waals surface area contributed by atoms with Gasteiger partial charge in [-0.2, -0.15) is 0 Å². The van der Waals surface area contributed by atoms with Gasteiger partial charge in [-0.3, -0.25) is 0 Å². The highest BCUT2D eigenvalue weighted by Crippen LogP contribution is 2.04. The molecule has 1 heterocycles. The van der Waals surface area contributed by atoms with Gasteiger partial charge in [0, 0.05) is 13.1 Å². The molecule has 0 spiro atoms. The first kappa shape index (κ1) is 9.92.